The number of amides is 2. The van der Waals surface area contributed by atoms with Crippen molar-refractivity contribution in [1.82, 2.24) is 10.2 Å². The molecule has 0 unspecified atom stereocenters. The van der Waals surface area contributed by atoms with Crippen LogP contribution in [-0.4, -0.2) is 48.1 Å². The molecule has 1 aliphatic carbocycles. The van der Waals surface area contributed by atoms with Gasteiger partial charge in [0, 0.05) is 22.0 Å². The highest BCUT2D eigenvalue weighted by Crippen LogP contribution is 2.52. The molecule has 1 N–H and O–H groups in total. The van der Waals surface area contributed by atoms with E-state index >= 15 is 0 Å². The van der Waals surface area contributed by atoms with Crippen molar-refractivity contribution in [2.24, 2.45) is 0 Å². The van der Waals surface area contributed by atoms with Gasteiger partial charge in [-0.05, 0) is 55.9 Å². The Morgan fingerprint density at radius 2 is 2.20 bits per heavy atom. The standard InChI is InChI=1S/C19H21BrN2O3/c20-11-1-3-13-14(7-11)19(5-6-19)10-22(18(13)24)9-17(23)21-15-8-12-2-4-16(15)25-12/h1,3,7,12,15-16H,2,4-6,8-10H2,(H,21,23)/t12-,15+,16+/m0/s1. The van der Waals surface area contributed by atoms with Crippen LogP contribution in [0.25, 0.3) is 0 Å². The summed E-state index contributed by atoms with van der Waals surface area (Å²) < 4.78 is 6.81. The number of carbonyl (C=O) groups excluding carboxylic acids is 2. The third kappa shape index (κ3) is 2.61. The summed E-state index contributed by atoms with van der Waals surface area (Å²) in [5, 5.41) is 3.09. The van der Waals surface area contributed by atoms with E-state index in [1.807, 2.05) is 12.1 Å². The summed E-state index contributed by atoms with van der Waals surface area (Å²) >= 11 is 3.51. The van der Waals surface area contributed by atoms with Gasteiger partial charge >= 0.3 is 0 Å². The fraction of sp³-hybridized carbons (Fsp3) is 0.579. The molecule has 0 radical (unpaired) electrons. The Balaban J connectivity index is 1.31. The van der Waals surface area contributed by atoms with Gasteiger partial charge < -0.3 is 15.0 Å². The average Bonchev–Trinajstić information content (AvgIpc) is 3.04. The van der Waals surface area contributed by atoms with Crippen LogP contribution >= 0.6 is 15.9 Å². The van der Waals surface area contributed by atoms with Crippen LogP contribution in [0.5, 0.6) is 0 Å². The predicted molar refractivity (Wildman–Crippen MR) is 95.4 cm³/mol. The number of carbonyl (C=O) groups is 2. The molecule has 2 saturated heterocycles. The molecule has 3 atom stereocenters. The summed E-state index contributed by atoms with van der Waals surface area (Å²) in [5.41, 5.74) is 1.95. The number of fused-ring (bicyclic) bond motifs is 4. The zero-order valence-electron chi connectivity index (χ0n) is 14.0. The molecule has 1 spiro atoms. The van der Waals surface area contributed by atoms with Gasteiger partial charge in [-0.1, -0.05) is 15.9 Å². The summed E-state index contributed by atoms with van der Waals surface area (Å²) in [7, 11) is 0. The van der Waals surface area contributed by atoms with E-state index in [0.29, 0.717) is 12.6 Å². The van der Waals surface area contributed by atoms with E-state index in [9.17, 15) is 9.59 Å². The van der Waals surface area contributed by atoms with E-state index in [4.69, 9.17) is 4.74 Å². The first kappa shape index (κ1) is 15.8. The SMILES string of the molecule is O=C(CN1CC2(CC2)c2cc(Br)ccc2C1=O)N[C@@H]1C[C@@H]2CC[C@H]1O2. The predicted octanol–water partition coefficient (Wildman–Crippen LogP) is 2.37. The van der Waals surface area contributed by atoms with Crippen LogP contribution in [0.3, 0.4) is 0 Å². The van der Waals surface area contributed by atoms with Gasteiger partial charge in [0.25, 0.3) is 5.91 Å². The lowest BCUT2D eigenvalue weighted by atomic mass is 9.86. The number of rotatable bonds is 3. The van der Waals surface area contributed by atoms with Crippen LogP contribution in [0.4, 0.5) is 0 Å². The highest BCUT2D eigenvalue weighted by atomic mass is 79.9. The Morgan fingerprint density at radius 3 is 2.88 bits per heavy atom. The van der Waals surface area contributed by atoms with E-state index in [2.05, 4.69) is 27.3 Å². The molecule has 3 aliphatic heterocycles. The Labute approximate surface area is 155 Å². The normalized spacial score (nSPS) is 31.3. The number of hydrogen-bond acceptors (Lipinski definition) is 3. The first-order valence-corrected chi connectivity index (χ1v) is 9.87. The minimum atomic E-state index is -0.0640. The maximum atomic E-state index is 12.8. The number of ether oxygens (including phenoxy) is 1. The molecular formula is C19H21BrN2O3. The molecule has 4 aliphatic rings. The first-order valence-electron chi connectivity index (χ1n) is 9.08. The second-order valence-corrected chi connectivity index (χ2v) is 8.83. The summed E-state index contributed by atoms with van der Waals surface area (Å²) in [6.07, 6.45) is 5.70. The second-order valence-electron chi connectivity index (χ2n) is 7.92. The third-order valence-corrected chi connectivity index (χ3v) is 6.70. The fourth-order valence-electron chi connectivity index (χ4n) is 4.76. The number of benzene rings is 1. The molecule has 1 aromatic rings. The van der Waals surface area contributed by atoms with Crippen molar-refractivity contribution in [3.05, 3.63) is 33.8 Å². The van der Waals surface area contributed by atoms with Crippen molar-refractivity contribution < 1.29 is 14.3 Å². The van der Waals surface area contributed by atoms with Crippen LogP contribution < -0.4 is 5.32 Å². The third-order valence-electron chi connectivity index (χ3n) is 6.20. The molecule has 2 bridgehead atoms. The van der Waals surface area contributed by atoms with Gasteiger partial charge in [-0.25, -0.2) is 0 Å². The monoisotopic (exact) mass is 404 g/mol. The minimum Gasteiger partial charge on any atom is -0.373 e. The quantitative estimate of drug-likeness (QED) is 0.840. The van der Waals surface area contributed by atoms with E-state index in [1.165, 1.54) is 0 Å². The maximum absolute atomic E-state index is 12.8. The van der Waals surface area contributed by atoms with Crippen LogP contribution in [-0.2, 0) is 14.9 Å². The topological polar surface area (TPSA) is 58.6 Å². The molecule has 132 valence electrons. The largest absolute Gasteiger partial charge is 0.373 e. The molecule has 3 heterocycles. The van der Waals surface area contributed by atoms with Crippen LogP contribution in [0.1, 0.15) is 48.0 Å². The van der Waals surface area contributed by atoms with Crippen LogP contribution in [0, 0.1) is 0 Å². The molecular weight excluding hydrogens is 384 g/mol. The number of nitrogens with zero attached hydrogens (tertiary/aromatic N) is 1. The smallest absolute Gasteiger partial charge is 0.254 e. The number of halogens is 1. The second kappa shape index (κ2) is 5.55. The van der Waals surface area contributed by atoms with Gasteiger partial charge in [0.05, 0.1) is 24.8 Å². The lowest BCUT2D eigenvalue weighted by Gasteiger charge is -2.35. The van der Waals surface area contributed by atoms with Crippen molar-refractivity contribution in [3.8, 4) is 0 Å². The molecule has 3 fully saturated rings. The van der Waals surface area contributed by atoms with E-state index in [0.717, 1.165) is 47.7 Å². The van der Waals surface area contributed by atoms with Crippen LogP contribution in [0.15, 0.2) is 22.7 Å². The lowest BCUT2D eigenvalue weighted by Crippen LogP contribution is -2.50. The fourth-order valence-corrected chi connectivity index (χ4v) is 5.12. The zero-order chi connectivity index (χ0) is 17.2. The highest BCUT2D eigenvalue weighted by Gasteiger charge is 2.51. The lowest BCUT2D eigenvalue weighted by molar-refractivity contribution is -0.123. The van der Waals surface area contributed by atoms with E-state index < -0.39 is 0 Å². The first-order chi connectivity index (χ1) is 12.0. The van der Waals surface area contributed by atoms with Gasteiger partial charge in [0.15, 0.2) is 0 Å². The number of nitrogens with one attached hydrogen (secondary N) is 1. The molecule has 5 nitrogen and oxygen atoms in total. The van der Waals surface area contributed by atoms with E-state index in [-0.39, 0.29) is 35.9 Å². The maximum Gasteiger partial charge on any atom is 0.254 e. The Bertz CT molecular complexity index is 761. The van der Waals surface area contributed by atoms with Crippen molar-refractivity contribution >= 4 is 27.7 Å². The van der Waals surface area contributed by atoms with E-state index in [1.54, 1.807) is 4.90 Å². The molecule has 0 aromatic heterocycles. The van der Waals surface area contributed by atoms with Crippen LogP contribution in [0.2, 0.25) is 0 Å². The molecule has 1 aromatic carbocycles. The Hall–Kier alpha value is -1.40. The Kier molecular flexibility index (Phi) is 3.51. The van der Waals surface area contributed by atoms with Gasteiger partial charge in [0.1, 0.15) is 0 Å². The zero-order valence-corrected chi connectivity index (χ0v) is 15.5. The van der Waals surface area contributed by atoms with Gasteiger partial charge in [0.2, 0.25) is 5.91 Å². The summed E-state index contributed by atoms with van der Waals surface area (Å²) in [5.74, 6) is -0.0924. The molecule has 5 rings (SSSR count). The Morgan fingerprint density at radius 1 is 1.36 bits per heavy atom. The minimum absolute atomic E-state index is 0.0284. The number of hydrogen-bond donors (Lipinski definition) is 1. The summed E-state index contributed by atoms with van der Waals surface area (Å²) in [6, 6.07) is 5.98. The summed E-state index contributed by atoms with van der Waals surface area (Å²) in [4.78, 5) is 27.1. The van der Waals surface area contributed by atoms with Gasteiger partial charge in [-0.2, -0.15) is 0 Å². The van der Waals surface area contributed by atoms with Gasteiger partial charge in [-0.15, -0.1) is 0 Å². The molecule has 25 heavy (non-hydrogen) atoms. The average molecular weight is 405 g/mol. The highest BCUT2D eigenvalue weighted by molar-refractivity contribution is 9.10. The van der Waals surface area contributed by atoms with Crippen molar-refractivity contribution in [2.75, 3.05) is 13.1 Å². The van der Waals surface area contributed by atoms with Gasteiger partial charge in [-0.3, -0.25) is 9.59 Å². The van der Waals surface area contributed by atoms with Crippen molar-refractivity contribution in [2.45, 2.75) is 55.8 Å². The molecule has 6 heteroatoms. The van der Waals surface area contributed by atoms with Crippen molar-refractivity contribution in [1.29, 1.82) is 0 Å². The molecule has 1 saturated carbocycles. The summed E-state index contributed by atoms with van der Waals surface area (Å²) in [6.45, 7) is 0.792. The molecule has 2 amide bonds. The van der Waals surface area contributed by atoms with Crippen molar-refractivity contribution in [3.63, 3.8) is 0 Å².